The first-order valence-electron chi connectivity index (χ1n) is 4.61. The molecule has 0 spiro atoms. The van der Waals surface area contributed by atoms with Gasteiger partial charge in [0.1, 0.15) is 5.01 Å². The molecule has 3 nitrogen and oxygen atoms in total. The van der Waals surface area contributed by atoms with E-state index in [0.717, 1.165) is 12.1 Å². The van der Waals surface area contributed by atoms with E-state index in [-0.39, 0.29) is 5.78 Å². The van der Waals surface area contributed by atoms with Crippen LogP contribution in [0.5, 0.6) is 0 Å². The predicted octanol–water partition coefficient (Wildman–Crippen LogP) is 2.51. The van der Waals surface area contributed by atoms with Gasteiger partial charge < -0.3 is 0 Å². The first-order valence-corrected chi connectivity index (χ1v) is 5.93. The van der Waals surface area contributed by atoms with Crippen molar-refractivity contribution in [3.05, 3.63) is 16.1 Å². The maximum atomic E-state index is 11.6. The van der Waals surface area contributed by atoms with E-state index < -0.39 is 11.3 Å². The fourth-order valence-electron chi connectivity index (χ4n) is 1.09. The smallest absolute Gasteiger partial charge is 0.174 e. The highest BCUT2D eigenvalue weighted by Crippen LogP contribution is 2.23. The molecular formula is C10H11ClN2OS. The van der Waals surface area contributed by atoms with Gasteiger partial charge in [-0.3, -0.25) is 4.79 Å². The third-order valence-electron chi connectivity index (χ3n) is 1.98. The zero-order chi connectivity index (χ0) is 11.4. The van der Waals surface area contributed by atoms with E-state index in [1.165, 1.54) is 11.3 Å². The summed E-state index contributed by atoms with van der Waals surface area (Å²) in [5.41, 5.74) is 0.908. The van der Waals surface area contributed by atoms with Crippen molar-refractivity contribution in [1.82, 2.24) is 4.98 Å². The van der Waals surface area contributed by atoms with Gasteiger partial charge in [0.2, 0.25) is 0 Å². The summed E-state index contributed by atoms with van der Waals surface area (Å²) in [6, 6.07) is 1.95. The number of ketones is 1. The van der Waals surface area contributed by atoms with Gasteiger partial charge in [-0.05, 0) is 13.3 Å². The molecule has 0 bridgehead atoms. The van der Waals surface area contributed by atoms with Gasteiger partial charge in [-0.25, -0.2) is 4.98 Å². The Morgan fingerprint density at radius 3 is 2.87 bits per heavy atom. The van der Waals surface area contributed by atoms with E-state index in [4.69, 9.17) is 16.9 Å². The fraction of sp³-hybridized carbons (Fsp3) is 0.500. The van der Waals surface area contributed by atoms with Gasteiger partial charge in [0, 0.05) is 5.38 Å². The monoisotopic (exact) mass is 242 g/mol. The topological polar surface area (TPSA) is 53.8 Å². The molecule has 1 heterocycles. The number of aryl methyl sites for hydroxylation is 1. The Kier molecular flexibility index (Phi) is 4.25. The lowest BCUT2D eigenvalue weighted by Crippen LogP contribution is -2.19. The molecular weight excluding hydrogens is 232 g/mol. The number of Topliss-reactive ketones (excluding diaryl/α,β-unsaturated/α-hetero) is 1. The normalized spacial score (nSPS) is 14.3. The van der Waals surface area contributed by atoms with Crippen LogP contribution in [0.2, 0.25) is 0 Å². The van der Waals surface area contributed by atoms with Crippen LogP contribution < -0.4 is 0 Å². The van der Waals surface area contributed by atoms with Crippen LogP contribution in [0.15, 0.2) is 5.38 Å². The van der Waals surface area contributed by atoms with Crippen LogP contribution in [-0.4, -0.2) is 16.1 Å². The molecule has 2 unspecified atom stereocenters. The minimum atomic E-state index is -0.817. The summed E-state index contributed by atoms with van der Waals surface area (Å²) in [6.07, 6.45) is 0.805. The summed E-state index contributed by atoms with van der Waals surface area (Å²) in [5, 5.41) is 10.7. The van der Waals surface area contributed by atoms with E-state index in [2.05, 4.69) is 4.98 Å². The number of nitrogens with zero attached hydrogens (tertiary/aromatic N) is 2. The van der Waals surface area contributed by atoms with Gasteiger partial charge in [-0.2, -0.15) is 5.26 Å². The van der Waals surface area contributed by atoms with Crippen molar-refractivity contribution < 1.29 is 4.79 Å². The molecule has 2 atom stereocenters. The highest BCUT2D eigenvalue weighted by molar-refractivity contribution is 7.10. The van der Waals surface area contributed by atoms with E-state index in [0.29, 0.717) is 5.01 Å². The average molecular weight is 243 g/mol. The minimum absolute atomic E-state index is 0.281. The van der Waals surface area contributed by atoms with Gasteiger partial charge in [-0.1, -0.05) is 6.92 Å². The maximum absolute atomic E-state index is 11.6. The van der Waals surface area contributed by atoms with Crippen LogP contribution in [0, 0.1) is 11.3 Å². The second kappa shape index (κ2) is 5.24. The molecule has 0 aliphatic heterocycles. The van der Waals surface area contributed by atoms with Crippen molar-refractivity contribution in [2.75, 3.05) is 0 Å². The molecule has 0 N–H and O–H groups in total. The Balaban J connectivity index is 2.93. The Labute approximate surface area is 97.7 Å². The second-order valence-corrected chi connectivity index (χ2v) is 4.66. The molecule has 1 rings (SSSR count). The first kappa shape index (κ1) is 12.2. The summed E-state index contributed by atoms with van der Waals surface area (Å²) in [7, 11) is 0. The van der Waals surface area contributed by atoms with Crippen molar-refractivity contribution in [3.63, 3.8) is 0 Å². The van der Waals surface area contributed by atoms with Crippen molar-refractivity contribution >= 4 is 28.7 Å². The number of rotatable bonds is 4. The molecule has 1 aromatic heterocycles. The third kappa shape index (κ3) is 2.77. The van der Waals surface area contributed by atoms with Gasteiger partial charge in [0.25, 0.3) is 0 Å². The van der Waals surface area contributed by atoms with E-state index in [9.17, 15) is 4.79 Å². The maximum Gasteiger partial charge on any atom is 0.174 e. The van der Waals surface area contributed by atoms with Gasteiger partial charge in [0.05, 0.1) is 17.1 Å². The minimum Gasteiger partial charge on any atom is -0.296 e. The number of alkyl halides is 1. The zero-order valence-corrected chi connectivity index (χ0v) is 10.1. The lowest BCUT2D eigenvalue weighted by Gasteiger charge is -2.05. The lowest BCUT2D eigenvalue weighted by molar-refractivity contribution is -0.118. The standard InChI is InChI=1S/C10H11ClN2OS/c1-3-7-5-15-10(13-7)8(4-12)9(14)6(2)11/h5-6,8H,3H2,1-2H3. The second-order valence-electron chi connectivity index (χ2n) is 3.11. The first-order chi connectivity index (χ1) is 7.10. The number of halogens is 1. The molecule has 80 valence electrons. The number of carbonyl (C=O) groups is 1. The molecule has 0 saturated heterocycles. The molecule has 0 fully saturated rings. The number of aromatic nitrogens is 1. The Morgan fingerprint density at radius 2 is 2.47 bits per heavy atom. The van der Waals surface area contributed by atoms with Crippen LogP contribution in [0.1, 0.15) is 30.5 Å². The van der Waals surface area contributed by atoms with Crippen LogP contribution in [0.4, 0.5) is 0 Å². The Morgan fingerprint density at radius 1 is 1.80 bits per heavy atom. The average Bonchev–Trinajstić information content (AvgIpc) is 2.67. The fourth-order valence-corrected chi connectivity index (χ4v) is 2.16. The number of hydrogen-bond acceptors (Lipinski definition) is 4. The number of carbonyl (C=O) groups excluding carboxylic acids is 1. The molecule has 0 aliphatic carbocycles. The number of nitriles is 1. The highest BCUT2D eigenvalue weighted by atomic mass is 35.5. The van der Waals surface area contributed by atoms with Crippen molar-refractivity contribution in [2.45, 2.75) is 31.6 Å². The number of thiazole rings is 1. The summed E-state index contributed by atoms with van der Waals surface area (Å²) in [5.74, 6) is -1.10. The van der Waals surface area contributed by atoms with E-state index in [1.54, 1.807) is 6.92 Å². The summed E-state index contributed by atoms with van der Waals surface area (Å²) < 4.78 is 0. The van der Waals surface area contributed by atoms with E-state index >= 15 is 0 Å². The van der Waals surface area contributed by atoms with Gasteiger partial charge >= 0.3 is 0 Å². The molecule has 5 heteroatoms. The van der Waals surface area contributed by atoms with Crippen LogP contribution in [0.3, 0.4) is 0 Å². The Bertz CT molecular complexity index is 394. The molecule has 0 aromatic carbocycles. The van der Waals surface area contributed by atoms with Crippen molar-refractivity contribution in [1.29, 1.82) is 5.26 Å². The number of hydrogen-bond donors (Lipinski definition) is 0. The van der Waals surface area contributed by atoms with E-state index in [1.807, 2.05) is 18.4 Å². The SMILES string of the molecule is CCc1csc(C(C#N)C(=O)C(C)Cl)n1. The van der Waals surface area contributed by atoms with Gasteiger partial charge in [0.15, 0.2) is 11.7 Å². The molecule has 0 radical (unpaired) electrons. The molecule has 0 saturated carbocycles. The quantitative estimate of drug-likeness (QED) is 0.763. The molecule has 15 heavy (non-hydrogen) atoms. The highest BCUT2D eigenvalue weighted by Gasteiger charge is 2.26. The lowest BCUT2D eigenvalue weighted by atomic mass is 10.0. The molecule has 0 aliphatic rings. The summed E-state index contributed by atoms with van der Waals surface area (Å²) in [6.45, 7) is 3.55. The van der Waals surface area contributed by atoms with Gasteiger partial charge in [-0.15, -0.1) is 22.9 Å². The Hall–Kier alpha value is -0.920. The van der Waals surface area contributed by atoms with Crippen molar-refractivity contribution in [2.24, 2.45) is 0 Å². The van der Waals surface area contributed by atoms with Crippen LogP contribution in [-0.2, 0) is 11.2 Å². The molecule has 1 aromatic rings. The largest absolute Gasteiger partial charge is 0.296 e. The zero-order valence-electron chi connectivity index (χ0n) is 8.53. The summed E-state index contributed by atoms with van der Waals surface area (Å²) >= 11 is 7.01. The summed E-state index contributed by atoms with van der Waals surface area (Å²) in [4.78, 5) is 15.8. The molecule has 0 amide bonds. The van der Waals surface area contributed by atoms with Crippen LogP contribution in [0.25, 0.3) is 0 Å². The van der Waals surface area contributed by atoms with Crippen molar-refractivity contribution in [3.8, 4) is 6.07 Å². The third-order valence-corrected chi connectivity index (χ3v) is 3.16. The van der Waals surface area contributed by atoms with Crippen LogP contribution >= 0.6 is 22.9 Å². The predicted molar refractivity (Wildman–Crippen MR) is 60.2 cm³/mol.